The van der Waals surface area contributed by atoms with Crippen LogP contribution in [0.15, 0.2) is 89.0 Å². The number of rotatable bonds is 7. The van der Waals surface area contributed by atoms with Crippen LogP contribution in [0.2, 0.25) is 0 Å². The predicted octanol–water partition coefficient (Wildman–Crippen LogP) is 5.83. The Kier molecular flexibility index (Phi) is 12.6. The molecule has 354 valence electrons. The lowest BCUT2D eigenvalue weighted by Crippen LogP contribution is -2.69. The first-order valence-corrected chi connectivity index (χ1v) is 26.2. The number of allylic oxidation sites excluding steroid dienone is 6. The zero-order valence-electron chi connectivity index (χ0n) is 37.1. The second kappa shape index (κ2) is 18.0. The van der Waals surface area contributed by atoms with Crippen molar-refractivity contribution >= 4 is 33.2 Å². The third-order valence-corrected chi connectivity index (χ3v) is 19.2. The van der Waals surface area contributed by atoms with Crippen LogP contribution >= 0.6 is 21.6 Å². The van der Waals surface area contributed by atoms with Gasteiger partial charge in [0.2, 0.25) is 6.29 Å². The summed E-state index contributed by atoms with van der Waals surface area (Å²) in [5.74, 6) is -1.21. The number of ketones is 2. The average molecular weight is 943 g/mol. The number of dihydropyridines is 1. The summed E-state index contributed by atoms with van der Waals surface area (Å²) in [6.45, 7) is -0.270. The van der Waals surface area contributed by atoms with E-state index in [0.29, 0.717) is 49.2 Å². The van der Waals surface area contributed by atoms with E-state index in [2.05, 4.69) is 16.7 Å². The van der Waals surface area contributed by atoms with E-state index < -0.39 is 76.0 Å². The third-order valence-electron chi connectivity index (χ3n) is 16.5. The number of Topliss-reactive ketones (excluding diaryl/α,β-unsaturated/α-hetero) is 2. The number of carbonyl (C=O) groups is 2. The van der Waals surface area contributed by atoms with Crippen LogP contribution in [0.3, 0.4) is 0 Å². The number of aliphatic hydroxyl groups excluding tert-OH is 5. The van der Waals surface area contributed by atoms with Crippen molar-refractivity contribution in [3.05, 3.63) is 111 Å². The van der Waals surface area contributed by atoms with Crippen molar-refractivity contribution < 1.29 is 54.8 Å². The second-order valence-corrected chi connectivity index (χ2v) is 22.7. The first kappa shape index (κ1) is 46.1. The molecule has 15 heteroatoms. The van der Waals surface area contributed by atoms with Crippen LogP contribution in [-0.4, -0.2) is 107 Å². The Hall–Kier alpha value is -3.64. The number of carbonyl (C=O) groups excluding carboxylic acids is 2. The van der Waals surface area contributed by atoms with Gasteiger partial charge in [0, 0.05) is 22.8 Å². The van der Waals surface area contributed by atoms with Gasteiger partial charge in [0.25, 0.3) is 0 Å². The Labute approximate surface area is 393 Å². The number of hydrogen-bond donors (Lipinski definition) is 9. The fourth-order valence-electron chi connectivity index (χ4n) is 13.1. The maximum Gasteiger partial charge on any atom is 0.229 e. The zero-order valence-corrected chi connectivity index (χ0v) is 38.8. The van der Waals surface area contributed by atoms with Crippen molar-refractivity contribution in [2.45, 2.75) is 138 Å². The molecule has 6 bridgehead atoms. The van der Waals surface area contributed by atoms with Crippen LogP contribution in [0.4, 0.5) is 0 Å². The highest BCUT2D eigenvalue weighted by Gasteiger charge is 2.64. The summed E-state index contributed by atoms with van der Waals surface area (Å²) >= 11 is 0. The zero-order chi connectivity index (χ0) is 46.0. The molecule has 0 amide bonds. The van der Waals surface area contributed by atoms with Gasteiger partial charge in [-0.1, -0.05) is 89.7 Å². The van der Waals surface area contributed by atoms with E-state index in [1.54, 1.807) is 24.3 Å². The molecule has 0 aromatic heterocycles. The molecule has 0 radical (unpaired) electrons. The molecule has 10 rings (SSSR count). The molecule has 3 aliphatic heterocycles. The molecule has 10 atom stereocenters. The van der Waals surface area contributed by atoms with Gasteiger partial charge in [-0.3, -0.25) is 9.59 Å². The van der Waals surface area contributed by atoms with Crippen LogP contribution in [0.5, 0.6) is 5.75 Å². The number of nitrogens with one attached hydrogen (secondary N) is 2. The average Bonchev–Trinajstić information content (AvgIpc) is 3.74. The van der Waals surface area contributed by atoms with E-state index in [-0.39, 0.29) is 48.0 Å². The number of benzene rings is 2. The molecular formula is C51H62N2O11S2. The minimum Gasteiger partial charge on any atom is -0.511 e. The molecule has 2 aromatic rings. The molecule has 10 unspecified atom stereocenters. The van der Waals surface area contributed by atoms with Gasteiger partial charge in [-0.05, 0) is 116 Å². The molecule has 2 aromatic carbocycles. The summed E-state index contributed by atoms with van der Waals surface area (Å²) in [5.41, 5.74) is -1.22. The third kappa shape index (κ3) is 7.68. The fraction of sp³-hybridized carbons (Fsp3) is 0.569. The Bertz CT molecular complexity index is 2380. The topological polar surface area (TPSA) is 218 Å². The van der Waals surface area contributed by atoms with Gasteiger partial charge >= 0.3 is 0 Å². The predicted molar refractivity (Wildman–Crippen MR) is 250 cm³/mol. The molecule has 5 aliphatic carbocycles. The van der Waals surface area contributed by atoms with E-state index in [0.717, 1.165) is 68.3 Å². The van der Waals surface area contributed by atoms with Crippen molar-refractivity contribution in [1.29, 1.82) is 0 Å². The van der Waals surface area contributed by atoms with E-state index in [1.807, 2.05) is 24.3 Å². The summed E-state index contributed by atoms with van der Waals surface area (Å²) < 4.78 is 12.6. The van der Waals surface area contributed by atoms with Crippen LogP contribution < -0.4 is 15.4 Å². The van der Waals surface area contributed by atoms with Gasteiger partial charge in [0.1, 0.15) is 40.8 Å². The van der Waals surface area contributed by atoms with E-state index in [1.165, 1.54) is 33.2 Å². The van der Waals surface area contributed by atoms with Crippen LogP contribution in [0.1, 0.15) is 115 Å². The Morgan fingerprint density at radius 2 is 1.70 bits per heavy atom. The number of hydrogen-bond acceptors (Lipinski definition) is 15. The minimum atomic E-state index is -2.23. The Morgan fingerprint density at radius 3 is 2.50 bits per heavy atom. The maximum absolute atomic E-state index is 16.0. The number of aliphatic hydroxyl groups is 7. The molecule has 3 fully saturated rings. The molecular weight excluding hydrogens is 881 g/mol. The SMILES string of the molecule is O=C1c2cccc3c2C(=O)C2(C(O)=CC(Cc4cccc(CO)c4)=CC12)C(CCC1(O)CCCCC1)SSCNC1=CC2=C(CCC4CCCC24CC2(O)C(O)C(CO)OC(O3)C2O)CN1. The van der Waals surface area contributed by atoms with Gasteiger partial charge < -0.3 is 55.9 Å². The lowest BCUT2D eigenvalue weighted by molar-refractivity contribution is -0.320. The van der Waals surface area contributed by atoms with Crippen molar-refractivity contribution in [2.75, 3.05) is 19.0 Å². The van der Waals surface area contributed by atoms with Gasteiger partial charge in [-0.25, -0.2) is 0 Å². The summed E-state index contributed by atoms with van der Waals surface area (Å²) in [4.78, 5) is 31.4. The van der Waals surface area contributed by atoms with E-state index in [9.17, 15) is 35.7 Å². The highest BCUT2D eigenvalue weighted by Crippen LogP contribution is 2.62. The second-order valence-electron chi connectivity index (χ2n) is 20.1. The Balaban J connectivity index is 1.12. The van der Waals surface area contributed by atoms with Crippen molar-refractivity contribution in [2.24, 2.45) is 22.7 Å². The van der Waals surface area contributed by atoms with Crippen LogP contribution in [0.25, 0.3) is 0 Å². The molecule has 2 spiro atoms. The summed E-state index contributed by atoms with van der Waals surface area (Å²) in [6, 6.07) is 12.1. The molecule has 13 nitrogen and oxygen atoms in total. The number of ether oxygens (including phenoxy) is 2. The first-order valence-electron chi connectivity index (χ1n) is 23.8. The van der Waals surface area contributed by atoms with Crippen molar-refractivity contribution in [3.8, 4) is 5.75 Å². The molecule has 2 saturated carbocycles. The summed E-state index contributed by atoms with van der Waals surface area (Å²) in [6.07, 6.45) is 8.12. The van der Waals surface area contributed by atoms with Gasteiger partial charge in [-0.2, -0.15) is 0 Å². The smallest absolute Gasteiger partial charge is 0.229 e. The monoisotopic (exact) mass is 942 g/mol. The molecule has 8 aliphatic rings. The van der Waals surface area contributed by atoms with Crippen molar-refractivity contribution in [3.63, 3.8) is 0 Å². The maximum atomic E-state index is 16.0. The van der Waals surface area contributed by atoms with E-state index in [4.69, 9.17) is 9.47 Å². The summed E-state index contributed by atoms with van der Waals surface area (Å²) in [7, 11) is 2.89. The van der Waals surface area contributed by atoms with Gasteiger partial charge in [0.15, 0.2) is 11.6 Å². The largest absolute Gasteiger partial charge is 0.511 e. The van der Waals surface area contributed by atoms with Crippen LogP contribution in [-0.2, 0) is 17.8 Å². The molecule has 3 heterocycles. The van der Waals surface area contributed by atoms with E-state index >= 15 is 9.59 Å². The highest BCUT2D eigenvalue weighted by atomic mass is 33.1. The number of fused-ring (bicyclic) bond motifs is 2. The lowest BCUT2D eigenvalue weighted by Gasteiger charge is -2.54. The van der Waals surface area contributed by atoms with Gasteiger partial charge in [0.05, 0.1) is 42.0 Å². The van der Waals surface area contributed by atoms with Crippen molar-refractivity contribution in [1.82, 2.24) is 10.6 Å². The minimum absolute atomic E-state index is 0.0271. The summed E-state index contributed by atoms with van der Waals surface area (Å²) in [5, 5.41) is 88.6. The fourth-order valence-corrected chi connectivity index (χ4v) is 15.9. The van der Waals surface area contributed by atoms with Crippen LogP contribution in [0, 0.1) is 22.7 Å². The Morgan fingerprint density at radius 1 is 0.894 bits per heavy atom. The lowest BCUT2D eigenvalue weighted by atomic mass is 9.56. The highest BCUT2D eigenvalue weighted by molar-refractivity contribution is 8.76. The quantitative estimate of drug-likeness (QED) is 0.149. The molecule has 1 saturated heterocycles. The normalized spacial score (nSPS) is 36.2. The van der Waals surface area contributed by atoms with Gasteiger partial charge in [-0.15, -0.1) is 0 Å². The molecule has 9 N–H and O–H groups in total. The first-order chi connectivity index (χ1) is 31.8. The standard InChI is InChI=1S/C51H62N2O11S2/c54-25-30-8-4-7-29(19-30)20-31-21-36-43(57)34-10-5-11-37-42(34)45(59)51(36,39(56)22-31)40(14-18-48(61)15-2-1-3-16-48)66-65-28-53-41-23-35-32(24-52-41)12-13-33-9-6-17-49(33,35)27-50(62)44(58)38(26-55)64-47(63-37)46(50)60/h4-5,7-8,10-11,19,21-23,33,36,38,40,44,46-47,52-56,58,60-62H,1-3,6,9,12-18,20,24-28H2. The molecule has 66 heavy (non-hydrogen) atoms.